The predicted octanol–water partition coefficient (Wildman–Crippen LogP) is 1.55. The molecule has 1 spiro atoms. The van der Waals surface area contributed by atoms with Crippen molar-refractivity contribution in [3.8, 4) is 0 Å². The van der Waals surface area contributed by atoms with Gasteiger partial charge >= 0.3 is 0 Å². The second kappa shape index (κ2) is 2.21. The highest BCUT2D eigenvalue weighted by molar-refractivity contribution is 4.82. The van der Waals surface area contributed by atoms with Crippen LogP contribution in [-0.4, -0.2) is 19.0 Å². The molecule has 2 nitrogen and oxygen atoms in total. The maximum absolute atomic E-state index is 5.59. The Kier molecular flexibility index (Phi) is 1.46. The highest BCUT2D eigenvalue weighted by Gasteiger charge is 2.42. The van der Waals surface area contributed by atoms with Crippen molar-refractivity contribution in [1.82, 2.24) is 0 Å². The molecule has 2 atom stereocenters. The van der Waals surface area contributed by atoms with E-state index in [0.717, 1.165) is 32.0 Å². The van der Waals surface area contributed by atoms with Gasteiger partial charge in [0.25, 0.3) is 0 Å². The molecule has 10 heavy (non-hydrogen) atoms. The lowest BCUT2D eigenvalue weighted by molar-refractivity contribution is -0.328. The van der Waals surface area contributed by atoms with Gasteiger partial charge in [-0.1, -0.05) is 6.92 Å². The van der Waals surface area contributed by atoms with Crippen LogP contribution in [0, 0.1) is 5.92 Å². The highest BCUT2D eigenvalue weighted by atomic mass is 16.7. The van der Waals surface area contributed by atoms with Gasteiger partial charge in [0.15, 0.2) is 5.79 Å². The van der Waals surface area contributed by atoms with Gasteiger partial charge in [-0.2, -0.15) is 0 Å². The molecular formula is C8H14O2. The van der Waals surface area contributed by atoms with Crippen LogP contribution in [0.1, 0.15) is 26.2 Å². The molecule has 0 aliphatic carbocycles. The van der Waals surface area contributed by atoms with Gasteiger partial charge in [0.05, 0.1) is 13.2 Å². The molecule has 0 saturated carbocycles. The first-order valence-electron chi connectivity index (χ1n) is 4.09. The Morgan fingerprint density at radius 2 is 2.10 bits per heavy atom. The second-order valence-electron chi connectivity index (χ2n) is 3.46. The molecule has 0 radical (unpaired) electrons. The molecule has 0 amide bonds. The highest BCUT2D eigenvalue weighted by Crippen LogP contribution is 2.37. The van der Waals surface area contributed by atoms with E-state index in [1.165, 1.54) is 6.42 Å². The molecule has 0 aromatic carbocycles. The van der Waals surface area contributed by atoms with E-state index in [2.05, 4.69) is 6.92 Å². The lowest BCUT2D eigenvalue weighted by atomic mass is 9.93. The molecule has 58 valence electrons. The minimum Gasteiger partial charge on any atom is -0.350 e. The Morgan fingerprint density at radius 1 is 1.30 bits per heavy atom. The summed E-state index contributed by atoms with van der Waals surface area (Å²) in [7, 11) is 0. The van der Waals surface area contributed by atoms with Crippen molar-refractivity contribution < 1.29 is 9.47 Å². The van der Waals surface area contributed by atoms with Crippen LogP contribution in [-0.2, 0) is 9.47 Å². The van der Waals surface area contributed by atoms with Crippen molar-refractivity contribution in [3.05, 3.63) is 0 Å². The third-order valence-electron chi connectivity index (χ3n) is 2.50. The normalized spacial score (nSPS) is 47.1. The molecule has 0 aromatic heterocycles. The minimum absolute atomic E-state index is 0.119. The molecule has 0 aromatic rings. The SMILES string of the molecule is CC1CCC2(CCO2)OC1. The van der Waals surface area contributed by atoms with Gasteiger partial charge in [-0.15, -0.1) is 0 Å². The van der Waals surface area contributed by atoms with Crippen molar-refractivity contribution in [2.24, 2.45) is 5.92 Å². The maximum atomic E-state index is 5.59. The fraction of sp³-hybridized carbons (Fsp3) is 1.00. The van der Waals surface area contributed by atoms with E-state index < -0.39 is 0 Å². The lowest BCUT2D eigenvalue weighted by Gasteiger charge is -2.45. The number of ether oxygens (including phenoxy) is 2. The Hall–Kier alpha value is -0.0800. The molecule has 2 fully saturated rings. The van der Waals surface area contributed by atoms with Crippen LogP contribution in [0.2, 0.25) is 0 Å². The average molecular weight is 142 g/mol. The van der Waals surface area contributed by atoms with Gasteiger partial charge in [-0.3, -0.25) is 0 Å². The molecule has 2 aliphatic heterocycles. The molecule has 2 rings (SSSR count). The van der Waals surface area contributed by atoms with Crippen molar-refractivity contribution in [1.29, 1.82) is 0 Å². The average Bonchev–Trinajstić information content (AvgIpc) is 1.86. The zero-order valence-electron chi connectivity index (χ0n) is 6.43. The quantitative estimate of drug-likeness (QED) is 0.511. The smallest absolute Gasteiger partial charge is 0.170 e. The maximum Gasteiger partial charge on any atom is 0.170 e. The molecule has 0 bridgehead atoms. The van der Waals surface area contributed by atoms with Gasteiger partial charge in [0, 0.05) is 12.8 Å². The van der Waals surface area contributed by atoms with Crippen LogP contribution in [0.4, 0.5) is 0 Å². The summed E-state index contributed by atoms with van der Waals surface area (Å²) < 4.78 is 11.0. The molecule has 2 aliphatic rings. The third-order valence-corrected chi connectivity index (χ3v) is 2.50. The third kappa shape index (κ3) is 0.956. The summed E-state index contributed by atoms with van der Waals surface area (Å²) in [6.45, 7) is 4.01. The van der Waals surface area contributed by atoms with Gasteiger partial charge in [0.1, 0.15) is 0 Å². The van der Waals surface area contributed by atoms with Gasteiger partial charge in [-0.05, 0) is 12.3 Å². The molecule has 2 unspecified atom stereocenters. The van der Waals surface area contributed by atoms with E-state index in [-0.39, 0.29) is 5.79 Å². The van der Waals surface area contributed by atoms with E-state index in [1.54, 1.807) is 0 Å². The minimum atomic E-state index is -0.119. The first-order chi connectivity index (χ1) is 4.81. The van der Waals surface area contributed by atoms with Gasteiger partial charge in [0.2, 0.25) is 0 Å². The number of hydrogen-bond donors (Lipinski definition) is 0. The van der Waals surface area contributed by atoms with E-state index >= 15 is 0 Å². The summed E-state index contributed by atoms with van der Waals surface area (Å²) in [5.74, 6) is 0.613. The standard InChI is InChI=1S/C8H14O2/c1-7-2-3-8(10-6-7)4-5-9-8/h7H,2-6H2,1H3. The fourth-order valence-electron chi connectivity index (χ4n) is 1.56. The second-order valence-corrected chi connectivity index (χ2v) is 3.46. The van der Waals surface area contributed by atoms with Gasteiger partial charge in [-0.25, -0.2) is 0 Å². The summed E-state index contributed by atoms with van der Waals surface area (Å²) in [4.78, 5) is 0. The fourth-order valence-corrected chi connectivity index (χ4v) is 1.56. The molecule has 2 heteroatoms. The lowest BCUT2D eigenvalue weighted by Crippen LogP contribution is -2.49. The monoisotopic (exact) mass is 142 g/mol. The van der Waals surface area contributed by atoms with Crippen LogP contribution in [0.3, 0.4) is 0 Å². The Bertz CT molecular complexity index is 119. The van der Waals surface area contributed by atoms with Crippen molar-refractivity contribution >= 4 is 0 Å². The topological polar surface area (TPSA) is 18.5 Å². The first-order valence-corrected chi connectivity index (χ1v) is 4.09. The predicted molar refractivity (Wildman–Crippen MR) is 37.7 cm³/mol. The van der Waals surface area contributed by atoms with Crippen LogP contribution in [0.15, 0.2) is 0 Å². The van der Waals surface area contributed by atoms with Gasteiger partial charge < -0.3 is 9.47 Å². The van der Waals surface area contributed by atoms with Crippen molar-refractivity contribution in [2.45, 2.75) is 32.0 Å². The summed E-state index contributed by atoms with van der Waals surface area (Å²) in [5, 5.41) is 0. The molecule has 0 N–H and O–H groups in total. The summed E-state index contributed by atoms with van der Waals surface area (Å²) in [5.41, 5.74) is 0. The Balaban J connectivity index is 1.90. The van der Waals surface area contributed by atoms with Crippen LogP contribution < -0.4 is 0 Å². The van der Waals surface area contributed by atoms with Crippen LogP contribution in [0.25, 0.3) is 0 Å². The first kappa shape index (κ1) is 6.62. The number of hydrogen-bond acceptors (Lipinski definition) is 2. The van der Waals surface area contributed by atoms with Crippen molar-refractivity contribution in [2.75, 3.05) is 13.2 Å². The zero-order valence-corrected chi connectivity index (χ0v) is 6.43. The summed E-state index contributed by atoms with van der Waals surface area (Å²) in [6, 6.07) is 0. The largest absolute Gasteiger partial charge is 0.350 e. The molecule has 2 heterocycles. The van der Waals surface area contributed by atoms with E-state index in [0.29, 0.717) is 0 Å². The van der Waals surface area contributed by atoms with E-state index in [1.807, 2.05) is 0 Å². The van der Waals surface area contributed by atoms with Crippen molar-refractivity contribution in [3.63, 3.8) is 0 Å². The van der Waals surface area contributed by atoms with Crippen LogP contribution in [0.5, 0.6) is 0 Å². The van der Waals surface area contributed by atoms with E-state index in [4.69, 9.17) is 9.47 Å². The Morgan fingerprint density at radius 3 is 2.50 bits per heavy atom. The van der Waals surface area contributed by atoms with Crippen LogP contribution >= 0.6 is 0 Å². The number of rotatable bonds is 0. The molecule has 2 saturated heterocycles. The Labute approximate surface area is 61.5 Å². The van der Waals surface area contributed by atoms with E-state index in [9.17, 15) is 0 Å². The zero-order chi connectivity index (χ0) is 7.03. The summed E-state index contributed by atoms with van der Waals surface area (Å²) in [6.07, 6.45) is 3.48. The summed E-state index contributed by atoms with van der Waals surface area (Å²) >= 11 is 0. The molecular weight excluding hydrogens is 128 g/mol.